The fourth-order valence-electron chi connectivity index (χ4n) is 3.38. The Hall–Kier alpha value is -3.47. The summed E-state index contributed by atoms with van der Waals surface area (Å²) in [7, 11) is 0. The average molecular weight is 374 g/mol. The van der Waals surface area contributed by atoms with Crippen molar-refractivity contribution < 1.29 is 23.9 Å². The van der Waals surface area contributed by atoms with Crippen molar-refractivity contribution >= 4 is 23.1 Å². The van der Waals surface area contributed by atoms with Gasteiger partial charge in [0.25, 0.3) is 0 Å². The van der Waals surface area contributed by atoms with Crippen molar-refractivity contribution in [3.63, 3.8) is 0 Å². The number of rotatable bonds is 5. The summed E-state index contributed by atoms with van der Waals surface area (Å²) in [6, 6.07) is 10.8. The summed E-state index contributed by atoms with van der Waals surface area (Å²) in [6.45, 7) is 7.74. The average Bonchev–Trinajstić information content (AvgIpc) is 3.04. The maximum absolute atomic E-state index is 12.6. The van der Waals surface area contributed by atoms with Crippen molar-refractivity contribution in [1.82, 2.24) is 0 Å². The molecule has 0 radical (unpaired) electrons. The smallest absolute Gasteiger partial charge is 0.315 e. The number of carbonyl (C=O) groups excluding carboxylic acids is 3. The minimum absolute atomic E-state index is 0.00166. The fraction of sp³-hybridized carbons (Fsp3) is 0.174. The minimum atomic E-state index is -0.265. The van der Waals surface area contributed by atoms with Crippen molar-refractivity contribution in [2.45, 2.75) is 19.3 Å². The van der Waals surface area contributed by atoms with Crippen LogP contribution < -0.4 is 9.47 Å². The molecule has 0 amide bonds. The Labute approximate surface area is 162 Å². The first-order valence-corrected chi connectivity index (χ1v) is 8.92. The maximum atomic E-state index is 12.6. The van der Waals surface area contributed by atoms with Crippen molar-refractivity contribution in [2.75, 3.05) is 6.61 Å². The Balaban J connectivity index is 1.45. The van der Waals surface area contributed by atoms with Gasteiger partial charge in [-0.3, -0.25) is 14.4 Å². The highest BCUT2D eigenvalue weighted by atomic mass is 16.5. The molecule has 0 aliphatic carbocycles. The lowest BCUT2D eigenvalue weighted by atomic mass is 9.94. The Morgan fingerprint density at radius 3 is 2.50 bits per heavy atom. The molecule has 28 heavy (non-hydrogen) atoms. The molecule has 0 aromatic heterocycles. The lowest BCUT2D eigenvalue weighted by molar-refractivity contribution is -0.131. The summed E-state index contributed by atoms with van der Waals surface area (Å²) >= 11 is 0. The van der Waals surface area contributed by atoms with Crippen molar-refractivity contribution in [2.24, 2.45) is 0 Å². The second-order valence-electron chi connectivity index (χ2n) is 6.99. The van der Waals surface area contributed by atoms with E-state index in [9.17, 15) is 14.4 Å². The number of hydrogen-bond donors (Lipinski definition) is 0. The molecule has 140 valence electrons. The standard InChI is InChI=1S/C23H18O5/c1-13(7-15-3-5-21-17(8-15)11-23(26)28-21)19(24)10-16-4-6-22-18(9-16)14(2)20(25)12-27-22/h3-6,8-9H,1-2,7,10-12H2. The Kier molecular flexibility index (Phi) is 4.43. The van der Waals surface area contributed by atoms with Crippen molar-refractivity contribution in [3.8, 4) is 11.5 Å². The van der Waals surface area contributed by atoms with Crippen LogP contribution in [0.5, 0.6) is 11.5 Å². The molecule has 4 rings (SSSR count). The van der Waals surface area contributed by atoms with Crippen LogP contribution in [-0.4, -0.2) is 24.1 Å². The third-order valence-electron chi connectivity index (χ3n) is 4.92. The predicted octanol–water partition coefficient (Wildman–Crippen LogP) is 3.03. The van der Waals surface area contributed by atoms with E-state index in [4.69, 9.17) is 9.47 Å². The van der Waals surface area contributed by atoms with Crippen molar-refractivity contribution in [1.29, 1.82) is 0 Å². The number of Topliss-reactive ketones (excluding diaryl/α,β-unsaturated/α-hetero) is 2. The number of ketones is 2. The first-order chi connectivity index (χ1) is 13.4. The molecule has 2 aliphatic rings. The minimum Gasteiger partial charge on any atom is -0.485 e. The largest absolute Gasteiger partial charge is 0.485 e. The lowest BCUT2D eigenvalue weighted by Crippen LogP contribution is -2.19. The van der Waals surface area contributed by atoms with Gasteiger partial charge < -0.3 is 9.47 Å². The van der Waals surface area contributed by atoms with Gasteiger partial charge in [0, 0.05) is 29.5 Å². The van der Waals surface area contributed by atoms with E-state index in [1.54, 1.807) is 18.2 Å². The molecule has 2 heterocycles. The van der Waals surface area contributed by atoms with Gasteiger partial charge in [-0.05, 0) is 34.9 Å². The first-order valence-electron chi connectivity index (χ1n) is 8.92. The van der Waals surface area contributed by atoms with Gasteiger partial charge in [-0.1, -0.05) is 31.4 Å². The van der Waals surface area contributed by atoms with Gasteiger partial charge in [-0.15, -0.1) is 0 Å². The predicted molar refractivity (Wildman–Crippen MR) is 103 cm³/mol. The number of allylic oxidation sites excluding steroid dienone is 1. The SMILES string of the molecule is C=C(Cc1ccc2c(c1)CC(=O)O2)C(=O)Cc1ccc2c(c1)C(=C)C(=O)CO2. The first kappa shape index (κ1) is 17.9. The van der Waals surface area contributed by atoms with Crippen LogP contribution in [0.1, 0.15) is 22.3 Å². The summed E-state index contributed by atoms with van der Waals surface area (Å²) in [5.41, 5.74) is 4.04. The topological polar surface area (TPSA) is 69.7 Å². The molecule has 5 nitrogen and oxygen atoms in total. The summed E-state index contributed by atoms with van der Waals surface area (Å²) in [5.74, 6) is 0.686. The molecule has 0 saturated heterocycles. The molecule has 2 aromatic carbocycles. The molecular weight excluding hydrogens is 356 g/mol. The highest BCUT2D eigenvalue weighted by Crippen LogP contribution is 2.31. The summed E-state index contributed by atoms with van der Waals surface area (Å²) in [6.07, 6.45) is 0.836. The van der Waals surface area contributed by atoms with E-state index in [0.29, 0.717) is 34.6 Å². The molecule has 2 aliphatic heterocycles. The zero-order valence-corrected chi connectivity index (χ0v) is 15.2. The molecule has 0 unspecified atom stereocenters. The summed E-state index contributed by atoms with van der Waals surface area (Å²) in [4.78, 5) is 35.7. The van der Waals surface area contributed by atoms with E-state index in [2.05, 4.69) is 13.2 Å². The number of hydrogen-bond acceptors (Lipinski definition) is 5. The second kappa shape index (κ2) is 6.93. The molecular formula is C23H18O5. The van der Waals surface area contributed by atoms with E-state index in [1.165, 1.54) is 0 Å². The quantitative estimate of drug-likeness (QED) is 0.457. The molecule has 5 heteroatoms. The zero-order valence-electron chi connectivity index (χ0n) is 15.2. The van der Waals surface area contributed by atoms with E-state index >= 15 is 0 Å². The second-order valence-corrected chi connectivity index (χ2v) is 6.99. The van der Waals surface area contributed by atoms with Gasteiger partial charge in [0.15, 0.2) is 18.2 Å². The van der Waals surface area contributed by atoms with Crippen LogP contribution in [-0.2, 0) is 33.6 Å². The van der Waals surface area contributed by atoms with Gasteiger partial charge in [-0.25, -0.2) is 0 Å². The Bertz CT molecular complexity index is 1060. The Morgan fingerprint density at radius 2 is 1.71 bits per heavy atom. The fourth-order valence-corrected chi connectivity index (χ4v) is 3.38. The molecule has 0 spiro atoms. The number of benzene rings is 2. The number of carbonyl (C=O) groups is 3. The maximum Gasteiger partial charge on any atom is 0.315 e. The van der Waals surface area contributed by atoms with Crippen LogP contribution in [0.25, 0.3) is 5.57 Å². The van der Waals surface area contributed by atoms with Crippen LogP contribution >= 0.6 is 0 Å². The lowest BCUT2D eigenvalue weighted by Gasteiger charge is -2.19. The van der Waals surface area contributed by atoms with Gasteiger partial charge in [0.2, 0.25) is 0 Å². The zero-order chi connectivity index (χ0) is 19.8. The van der Waals surface area contributed by atoms with Gasteiger partial charge in [0.05, 0.1) is 6.42 Å². The van der Waals surface area contributed by atoms with Gasteiger partial charge in [-0.2, -0.15) is 0 Å². The molecule has 0 saturated carbocycles. The van der Waals surface area contributed by atoms with Crippen LogP contribution in [0.15, 0.2) is 55.1 Å². The van der Waals surface area contributed by atoms with Gasteiger partial charge in [0.1, 0.15) is 11.5 Å². The van der Waals surface area contributed by atoms with Gasteiger partial charge >= 0.3 is 5.97 Å². The Morgan fingerprint density at radius 1 is 1.00 bits per heavy atom. The van der Waals surface area contributed by atoms with E-state index in [1.807, 2.05) is 18.2 Å². The van der Waals surface area contributed by atoms with E-state index in [-0.39, 0.29) is 37.0 Å². The van der Waals surface area contributed by atoms with E-state index < -0.39 is 0 Å². The van der Waals surface area contributed by atoms with Crippen LogP contribution in [0.2, 0.25) is 0 Å². The third kappa shape index (κ3) is 3.39. The third-order valence-corrected chi connectivity index (χ3v) is 4.92. The highest BCUT2D eigenvalue weighted by Gasteiger charge is 2.23. The summed E-state index contributed by atoms with van der Waals surface area (Å²) in [5, 5.41) is 0. The monoisotopic (exact) mass is 374 g/mol. The number of fused-ring (bicyclic) bond motifs is 2. The highest BCUT2D eigenvalue weighted by molar-refractivity contribution is 6.22. The van der Waals surface area contributed by atoms with Crippen molar-refractivity contribution in [3.05, 3.63) is 77.4 Å². The number of ether oxygens (including phenoxy) is 2. The van der Waals surface area contributed by atoms with Crippen LogP contribution in [0.3, 0.4) is 0 Å². The molecule has 0 N–H and O–H groups in total. The summed E-state index contributed by atoms with van der Waals surface area (Å²) < 4.78 is 10.5. The normalized spacial score (nSPS) is 14.8. The molecule has 0 bridgehead atoms. The molecule has 2 aromatic rings. The molecule has 0 fully saturated rings. The molecule has 0 atom stereocenters. The van der Waals surface area contributed by atoms with Crippen LogP contribution in [0, 0.1) is 0 Å². The van der Waals surface area contributed by atoms with E-state index in [0.717, 1.165) is 16.7 Å². The number of esters is 1. The van der Waals surface area contributed by atoms with Crippen LogP contribution in [0.4, 0.5) is 0 Å².